The molecule has 0 saturated carbocycles. The van der Waals surface area contributed by atoms with Crippen LogP contribution in [-0.4, -0.2) is 51.0 Å². The van der Waals surface area contributed by atoms with Gasteiger partial charge in [0.1, 0.15) is 12.2 Å². The molecule has 1 rings (SSSR count). The van der Waals surface area contributed by atoms with Crippen molar-refractivity contribution in [3.63, 3.8) is 0 Å². The van der Waals surface area contributed by atoms with E-state index in [1.165, 1.54) is 0 Å². The summed E-state index contributed by atoms with van der Waals surface area (Å²) in [6.45, 7) is 0. The first-order valence-electron chi connectivity index (χ1n) is 2.96. The molecule has 0 bridgehead atoms. The van der Waals surface area contributed by atoms with Crippen LogP contribution in [0.25, 0.3) is 0 Å². The summed E-state index contributed by atoms with van der Waals surface area (Å²) in [6.07, 6.45) is -6.27. The van der Waals surface area contributed by atoms with Crippen LogP contribution < -0.4 is 0 Å². The molecule has 1 aliphatic rings. The lowest BCUT2D eigenvalue weighted by Gasteiger charge is -2.08. The predicted molar refractivity (Wildman–Crippen MR) is 30.5 cm³/mol. The first kappa shape index (κ1) is 8.41. The van der Waals surface area contributed by atoms with Gasteiger partial charge < -0.3 is 25.2 Å². The van der Waals surface area contributed by atoms with Crippen LogP contribution in [0.1, 0.15) is 0 Å². The van der Waals surface area contributed by atoms with Crippen molar-refractivity contribution in [2.45, 2.75) is 24.6 Å². The number of rotatable bonds is 1. The molecule has 1 saturated heterocycles. The van der Waals surface area contributed by atoms with Crippen LogP contribution in [0, 0.1) is 0 Å². The fraction of sp³-hybridized carbons (Fsp3) is 0.800. The summed E-state index contributed by atoms with van der Waals surface area (Å²) in [5.74, 6) is -1.41. The monoisotopic (exact) mass is 164 g/mol. The number of hydrogen-bond donors (Lipinski definition) is 4. The average molecular weight is 164 g/mol. The molecule has 0 aliphatic carbocycles. The molecule has 0 aromatic carbocycles. The minimum absolute atomic E-state index is 1.41. The number of aliphatic carboxylic acids is 1. The molecular formula is C5H8O6. The number of carbonyl (C=O) groups is 1. The summed E-state index contributed by atoms with van der Waals surface area (Å²) in [5.41, 5.74) is 0. The minimum Gasteiger partial charge on any atom is -0.479 e. The summed E-state index contributed by atoms with van der Waals surface area (Å²) in [7, 11) is 0. The normalized spacial score (nSPS) is 44.3. The Bertz CT molecular complexity index is 168. The van der Waals surface area contributed by atoms with Gasteiger partial charge in [-0.3, -0.25) is 0 Å². The maximum atomic E-state index is 10.2. The molecule has 6 nitrogen and oxygen atoms in total. The summed E-state index contributed by atoms with van der Waals surface area (Å²) in [6, 6.07) is 0. The van der Waals surface area contributed by atoms with Crippen LogP contribution in [0.4, 0.5) is 0 Å². The highest BCUT2D eigenvalue weighted by molar-refractivity contribution is 5.73. The third-order valence-corrected chi connectivity index (χ3v) is 1.48. The van der Waals surface area contributed by atoms with Gasteiger partial charge in [-0.2, -0.15) is 0 Å². The molecule has 0 unspecified atom stereocenters. The third-order valence-electron chi connectivity index (χ3n) is 1.48. The van der Waals surface area contributed by atoms with Crippen molar-refractivity contribution >= 4 is 5.97 Å². The van der Waals surface area contributed by atoms with Crippen molar-refractivity contribution in [1.29, 1.82) is 0 Å². The number of carboxylic acid groups (broad SMARTS) is 1. The maximum Gasteiger partial charge on any atom is 0.335 e. The van der Waals surface area contributed by atoms with Gasteiger partial charge in [0.05, 0.1) is 0 Å². The largest absolute Gasteiger partial charge is 0.479 e. The highest BCUT2D eigenvalue weighted by Gasteiger charge is 2.45. The second kappa shape index (κ2) is 2.74. The Labute approximate surface area is 61.6 Å². The Hall–Kier alpha value is -0.690. The molecule has 0 radical (unpaired) electrons. The van der Waals surface area contributed by atoms with E-state index in [4.69, 9.17) is 20.4 Å². The van der Waals surface area contributed by atoms with E-state index >= 15 is 0 Å². The number of ether oxygens (including phenoxy) is 1. The Morgan fingerprint density at radius 3 is 1.91 bits per heavy atom. The van der Waals surface area contributed by atoms with Gasteiger partial charge in [-0.25, -0.2) is 4.79 Å². The van der Waals surface area contributed by atoms with Crippen molar-refractivity contribution in [1.82, 2.24) is 0 Å². The lowest BCUT2D eigenvalue weighted by Crippen LogP contribution is -2.36. The van der Waals surface area contributed by atoms with E-state index in [-0.39, 0.29) is 0 Å². The smallest absolute Gasteiger partial charge is 0.335 e. The Balaban J connectivity index is 2.67. The van der Waals surface area contributed by atoms with Gasteiger partial charge >= 0.3 is 5.97 Å². The standard InChI is InChI=1S/C5H8O6/c6-1-2(7)5(10)11-3(1)4(8)9/h1-3,5-7,10H,(H,8,9)/t1-,2-,3+,5-/m0/s1. The van der Waals surface area contributed by atoms with Crippen LogP contribution in [0.3, 0.4) is 0 Å². The number of carboxylic acids is 1. The van der Waals surface area contributed by atoms with Crippen molar-refractivity contribution in [3.05, 3.63) is 0 Å². The van der Waals surface area contributed by atoms with Crippen LogP contribution in [-0.2, 0) is 9.53 Å². The first-order chi connectivity index (χ1) is 5.04. The average Bonchev–Trinajstić information content (AvgIpc) is 2.17. The molecular weight excluding hydrogens is 156 g/mol. The van der Waals surface area contributed by atoms with Crippen LogP contribution in [0.15, 0.2) is 0 Å². The first-order valence-corrected chi connectivity index (χ1v) is 2.96. The predicted octanol–water partition coefficient (Wildman–Crippen LogP) is -2.49. The highest BCUT2D eigenvalue weighted by Crippen LogP contribution is 2.19. The van der Waals surface area contributed by atoms with Gasteiger partial charge in [-0.1, -0.05) is 0 Å². The SMILES string of the molecule is O=C(O)[C@@H]1O[C@H](O)[C@@H](O)[C@@H]1O. The lowest BCUT2D eigenvalue weighted by molar-refractivity contribution is -0.165. The van der Waals surface area contributed by atoms with E-state index in [1.807, 2.05) is 0 Å². The van der Waals surface area contributed by atoms with E-state index in [0.717, 1.165) is 0 Å². The zero-order valence-corrected chi connectivity index (χ0v) is 5.41. The second-order valence-corrected chi connectivity index (χ2v) is 2.27. The van der Waals surface area contributed by atoms with Crippen LogP contribution in [0.2, 0.25) is 0 Å². The van der Waals surface area contributed by atoms with Gasteiger partial charge in [-0.15, -0.1) is 0 Å². The summed E-state index contributed by atoms with van der Waals surface area (Å²) >= 11 is 0. The van der Waals surface area contributed by atoms with E-state index < -0.39 is 30.6 Å². The fourth-order valence-electron chi connectivity index (χ4n) is 0.863. The lowest BCUT2D eigenvalue weighted by atomic mass is 10.1. The Morgan fingerprint density at radius 1 is 1.18 bits per heavy atom. The van der Waals surface area contributed by atoms with Crippen molar-refractivity contribution in [3.8, 4) is 0 Å². The summed E-state index contributed by atoms with van der Waals surface area (Å²) in [5, 5.41) is 34.7. The Morgan fingerprint density at radius 2 is 1.73 bits per heavy atom. The summed E-state index contributed by atoms with van der Waals surface area (Å²) < 4.78 is 4.30. The molecule has 0 spiro atoms. The zero-order chi connectivity index (χ0) is 8.59. The van der Waals surface area contributed by atoms with Gasteiger partial charge in [0, 0.05) is 0 Å². The molecule has 4 N–H and O–H groups in total. The molecule has 1 aliphatic heterocycles. The van der Waals surface area contributed by atoms with Gasteiger partial charge in [0.25, 0.3) is 0 Å². The van der Waals surface area contributed by atoms with Gasteiger partial charge in [0.2, 0.25) is 0 Å². The molecule has 0 aromatic heterocycles. The van der Waals surface area contributed by atoms with E-state index in [0.29, 0.717) is 0 Å². The van der Waals surface area contributed by atoms with Crippen LogP contribution >= 0.6 is 0 Å². The minimum atomic E-state index is -1.62. The molecule has 4 atom stereocenters. The van der Waals surface area contributed by atoms with Crippen molar-refractivity contribution in [2.24, 2.45) is 0 Å². The number of aliphatic hydroxyl groups excluding tert-OH is 3. The quantitative estimate of drug-likeness (QED) is 0.341. The van der Waals surface area contributed by atoms with E-state index in [1.54, 1.807) is 0 Å². The molecule has 1 heterocycles. The molecule has 0 amide bonds. The molecule has 0 aromatic rings. The number of aliphatic hydroxyl groups is 3. The van der Waals surface area contributed by atoms with Gasteiger partial charge in [-0.05, 0) is 0 Å². The van der Waals surface area contributed by atoms with E-state index in [2.05, 4.69) is 4.74 Å². The Kier molecular flexibility index (Phi) is 2.10. The number of hydrogen-bond acceptors (Lipinski definition) is 5. The summed E-state index contributed by atoms with van der Waals surface area (Å²) in [4.78, 5) is 10.2. The maximum absolute atomic E-state index is 10.2. The molecule has 11 heavy (non-hydrogen) atoms. The third kappa shape index (κ3) is 1.33. The van der Waals surface area contributed by atoms with Crippen molar-refractivity contribution < 1.29 is 30.0 Å². The topological polar surface area (TPSA) is 107 Å². The molecule has 1 fully saturated rings. The van der Waals surface area contributed by atoms with E-state index in [9.17, 15) is 4.79 Å². The second-order valence-electron chi connectivity index (χ2n) is 2.27. The highest BCUT2D eigenvalue weighted by atomic mass is 16.7. The fourth-order valence-corrected chi connectivity index (χ4v) is 0.863. The zero-order valence-electron chi connectivity index (χ0n) is 5.41. The van der Waals surface area contributed by atoms with Crippen LogP contribution in [0.5, 0.6) is 0 Å². The molecule has 64 valence electrons. The van der Waals surface area contributed by atoms with Crippen molar-refractivity contribution in [2.75, 3.05) is 0 Å². The molecule has 6 heteroatoms. The van der Waals surface area contributed by atoms with Gasteiger partial charge in [0.15, 0.2) is 12.4 Å².